The van der Waals surface area contributed by atoms with Crippen molar-refractivity contribution in [2.24, 2.45) is 5.92 Å². The molecule has 124 valence electrons. The fourth-order valence-electron chi connectivity index (χ4n) is 3.74. The minimum absolute atomic E-state index is 0.0599. The average Bonchev–Trinajstić information content (AvgIpc) is 3.05. The zero-order valence-corrected chi connectivity index (χ0v) is 15.3. The van der Waals surface area contributed by atoms with Gasteiger partial charge in [-0.15, -0.1) is 23.5 Å². The number of thiol groups is 1. The number of hydrogen-bond acceptors (Lipinski definition) is 5. The molecule has 22 heavy (non-hydrogen) atoms. The van der Waals surface area contributed by atoms with Crippen LogP contribution in [0.2, 0.25) is 0 Å². The van der Waals surface area contributed by atoms with Crippen molar-refractivity contribution in [1.82, 2.24) is 4.90 Å². The number of likely N-dealkylation sites (tertiary alicyclic amines) is 1. The summed E-state index contributed by atoms with van der Waals surface area (Å²) in [5.74, 6) is -0.692. The quantitative estimate of drug-likeness (QED) is 0.757. The summed E-state index contributed by atoms with van der Waals surface area (Å²) >= 11 is 8.10. The summed E-state index contributed by atoms with van der Waals surface area (Å²) in [5.41, 5.74) is 0. The predicted octanol–water partition coefficient (Wildman–Crippen LogP) is 2.73. The van der Waals surface area contributed by atoms with E-state index in [1.54, 1.807) is 4.90 Å². The number of fused-ring (bicyclic) bond motifs is 1. The van der Waals surface area contributed by atoms with E-state index in [2.05, 4.69) is 12.6 Å². The van der Waals surface area contributed by atoms with E-state index in [0.717, 1.165) is 0 Å². The van der Waals surface area contributed by atoms with Gasteiger partial charge in [0.25, 0.3) is 0 Å². The van der Waals surface area contributed by atoms with Crippen LogP contribution in [0.1, 0.15) is 39.0 Å². The minimum Gasteiger partial charge on any atom is -0.480 e. The van der Waals surface area contributed by atoms with Crippen LogP contribution in [0.5, 0.6) is 0 Å². The van der Waals surface area contributed by atoms with Crippen LogP contribution in [0.25, 0.3) is 0 Å². The van der Waals surface area contributed by atoms with E-state index in [4.69, 9.17) is 0 Å². The lowest BCUT2D eigenvalue weighted by atomic mass is 10.00. The van der Waals surface area contributed by atoms with Crippen molar-refractivity contribution in [3.63, 3.8) is 0 Å². The first-order chi connectivity index (χ1) is 10.5. The van der Waals surface area contributed by atoms with Crippen LogP contribution in [0.15, 0.2) is 0 Å². The van der Waals surface area contributed by atoms with E-state index < -0.39 is 12.0 Å². The normalized spacial score (nSPS) is 39.0. The highest BCUT2D eigenvalue weighted by atomic mass is 32.2. The van der Waals surface area contributed by atoms with Crippen LogP contribution >= 0.6 is 36.2 Å². The molecule has 0 aromatic carbocycles. The molecule has 0 aromatic heterocycles. The number of carbonyl (C=O) groups is 2. The van der Waals surface area contributed by atoms with Crippen LogP contribution in [0, 0.1) is 5.92 Å². The van der Waals surface area contributed by atoms with Crippen molar-refractivity contribution in [1.29, 1.82) is 0 Å². The van der Waals surface area contributed by atoms with Gasteiger partial charge < -0.3 is 10.0 Å². The summed E-state index contributed by atoms with van der Waals surface area (Å²) in [6, 6.07) is -0.671. The maximum Gasteiger partial charge on any atom is 0.326 e. The van der Waals surface area contributed by atoms with E-state index >= 15 is 0 Å². The number of aliphatic carboxylic acids is 1. The molecule has 0 bridgehead atoms. The molecular formula is C15H23NO3S3. The fraction of sp³-hybridized carbons (Fsp3) is 0.867. The molecule has 2 aliphatic heterocycles. The molecule has 4 nitrogen and oxygen atoms in total. The zero-order chi connectivity index (χ0) is 15.9. The fourth-order valence-corrected chi connectivity index (χ4v) is 8.37. The highest BCUT2D eigenvalue weighted by molar-refractivity contribution is 8.22. The Bertz CT molecular complexity index is 459. The van der Waals surface area contributed by atoms with E-state index in [0.29, 0.717) is 29.2 Å². The van der Waals surface area contributed by atoms with E-state index in [-0.39, 0.29) is 15.9 Å². The summed E-state index contributed by atoms with van der Waals surface area (Å²) in [5, 5.41) is 10.8. The van der Waals surface area contributed by atoms with E-state index in [1.165, 1.54) is 25.7 Å². The van der Waals surface area contributed by atoms with Gasteiger partial charge in [0.2, 0.25) is 5.91 Å². The summed E-state index contributed by atoms with van der Waals surface area (Å²) in [4.78, 5) is 25.8. The molecule has 0 aromatic rings. The minimum atomic E-state index is -0.868. The van der Waals surface area contributed by atoms with Crippen molar-refractivity contribution in [3.05, 3.63) is 0 Å². The van der Waals surface area contributed by atoms with Crippen LogP contribution in [-0.2, 0) is 9.59 Å². The molecule has 3 aliphatic rings. The molecule has 2 saturated heterocycles. The first-order valence-corrected chi connectivity index (χ1v) is 10.3. The monoisotopic (exact) mass is 361 g/mol. The molecular weight excluding hydrogens is 338 g/mol. The molecule has 1 aliphatic carbocycles. The van der Waals surface area contributed by atoms with Gasteiger partial charge in [-0.05, 0) is 12.8 Å². The molecule has 2 heterocycles. The zero-order valence-electron chi connectivity index (χ0n) is 12.7. The van der Waals surface area contributed by atoms with Gasteiger partial charge in [-0.2, -0.15) is 12.6 Å². The van der Waals surface area contributed by atoms with Crippen molar-refractivity contribution in [2.45, 2.75) is 59.6 Å². The Balaban J connectivity index is 1.78. The summed E-state index contributed by atoms with van der Waals surface area (Å²) in [7, 11) is 0. The smallest absolute Gasteiger partial charge is 0.326 e. The maximum atomic E-state index is 12.5. The lowest BCUT2D eigenvalue weighted by Gasteiger charge is -2.25. The first-order valence-electron chi connectivity index (χ1n) is 7.95. The van der Waals surface area contributed by atoms with Crippen molar-refractivity contribution in [2.75, 3.05) is 12.3 Å². The van der Waals surface area contributed by atoms with Crippen molar-refractivity contribution >= 4 is 48.0 Å². The summed E-state index contributed by atoms with van der Waals surface area (Å²) < 4.78 is -0.102. The molecule has 7 heteroatoms. The van der Waals surface area contributed by atoms with Gasteiger partial charge in [-0.3, -0.25) is 4.79 Å². The lowest BCUT2D eigenvalue weighted by Crippen LogP contribution is -2.43. The van der Waals surface area contributed by atoms with Crippen molar-refractivity contribution in [3.8, 4) is 0 Å². The molecule has 1 N–H and O–H groups in total. The Labute approximate surface area is 145 Å². The lowest BCUT2D eigenvalue weighted by molar-refractivity contribution is -0.149. The third-order valence-corrected chi connectivity index (χ3v) is 9.41. The number of carboxylic acids is 1. The molecule has 3 fully saturated rings. The molecule has 0 radical (unpaired) electrons. The van der Waals surface area contributed by atoms with Gasteiger partial charge in [-0.25, -0.2) is 4.79 Å². The van der Waals surface area contributed by atoms with Gasteiger partial charge in [0.15, 0.2) is 0 Å². The van der Waals surface area contributed by atoms with E-state index in [9.17, 15) is 14.7 Å². The maximum absolute atomic E-state index is 12.5. The Morgan fingerprint density at radius 2 is 1.91 bits per heavy atom. The largest absolute Gasteiger partial charge is 0.480 e. The SMILES string of the molecule is CC(CS)C(=O)N1CC2(C[C@H]1C(=O)O)SC1CCCCC1S2. The highest BCUT2D eigenvalue weighted by Gasteiger charge is 2.56. The van der Waals surface area contributed by atoms with Gasteiger partial charge in [0.05, 0.1) is 4.08 Å². The number of rotatable bonds is 3. The Hall–Kier alpha value is -0.0100. The number of carboxylic acid groups (broad SMARTS) is 1. The predicted molar refractivity (Wildman–Crippen MR) is 94.7 cm³/mol. The standard InChI is InChI=1S/C15H23NO3S3/c1-9(7-20)13(17)16-8-15(6-10(16)14(18)19)21-11-4-2-3-5-12(11)22-15/h9-12,20H,2-8H2,1H3,(H,18,19)/t9?,10-,11?,12?,15?/m0/s1. The second-order valence-electron chi connectivity index (χ2n) is 6.62. The number of carbonyl (C=O) groups excluding carboxylic acids is 1. The topological polar surface area (TPSA) is 57.6 Å². The molecule has 4 atom stereocenters. The summed E-state index contributed by atoms with van der Waals surface area (Å²) in [6.45, 7) is 2.40. The van der Waals surface area contributed by atoms with Crippen molar-refractivity contribution < 1.29 is 14.7 Å². The Morgan fingerprint density at radius 3 is 2.41 bits per heavy atom. The number of hydrogen-bond donors (Lipinski definition) is 2. The number of amides is 1. The molecule has 3 rings (SSSR count). The van der Waals surface area contributed by atoms with Crippen LogP contribution in [0.4, 0.5) is 0 Å². The molecule has 1 saturated carbocycles. The van der Waals surface area contributed by atoms with Gasteiger partial charge in [-0.1, -0.05) is 19.8 Å². The van der Waals surface area contributed by atoms with Crippen LogP contribution < -0.4 is 0 Å². The molecule has 1 spiro atoms. The van der Waals surface area contributed by atoms with Crippen LogP contribution in [-0.4, -0.2) is 54.8 Å². The van der Waals surface area contributed by atoms with Gasteiger partial charge in [0.1, 0.15) is 6.04 Å². The summed E-state index contributed by atoms with van der Waals surface area (Å²) in [6.07, 6.45) is 5.63. The molecule has 1 amide bonds. The van der Waals surface area contributed by atoms with Gasteiger partial charge in [0, 0.05) is 35.1 Å². The van der Waals surface area contributed by atoms with Gasteiger partial charge >= 0.3 is 5.97 Å². The first kappa shape index (κ1) is 16.8. The Morgan fingerprint density at radius 1 is 1.32 bits per heavy atom. The number of thioether (sulfide) groups is 2. The third-order valence-electron chi connectivity index (χ3n) is 4.93. The highest BCUT2D eigenvalue weighted by Crippen LogP contribution is 2.61. The molecule has 3 unspecified atom stereocenters. The van der Waals surface area contributed by atoms with E-state index in [1.807, 2.05) is 30.4 Å². The number of nitrogens with zero attached hydrogens (tertiary/aromatic N) is 1. The second-order valence-corrected chi connectivity index (χ2v) is 10.5. The second kappa shape index (κ2) is 6.48. The van der Waals surface area contributed by atoms with Crippen LogP contribution in [0.3, 0.4) is 0 Å². The average molecular weight is 362 g/mol. The Kier molecular flexibility index (Phi) is 4.95. The third kappa shape index (κ3) is 3.00.